The lowest BCUT2D eigenvalue weighted by Gasteiger charge is -2.10. The topological polar surface area (TPSA) is 43.1 Å². The van der Waals surface area contributed by atoms with Crippen LogP contribution in [0.3, 0.4) is 0 Å². The lowest BCUT2D eigenvalue weighted by Crippen LogP contribution is -2.03. The van der Waals surface area contributed by atoms with Crippen LogP contribution < -0.4 is 5.73 Å². The van der Waals surface area contributed by atoms with Crippen LogP contribution in [0.5, 0.6) is 0 Å². The number of rotatable bonds is 3. The summed E-state index contributed by atoms with van der Waals surface area (Å²) in [5.74, 6) is 0.521. The van der Waals surface area contributed by atoms with E-state index in [2.05, 4.69) is 0 Å². The van der Waals surface area contributed by atoms with Gasteiger partial charge in [-0.1, -0.05) is 30.3 Å². The molecule has 0 amide bonds. The van der Waals surface area contributed by atoms with Gasteiger partial charge in [0.25, 0.3) is 0 Å². The monoisotopic (exact) mass is 259 g/mol. The van der Waals surface area contributed by atoms with E-state index >= 15 is 0 Å². The summed E-state index contributed by atoms with van der Waals surface area (Å²) < 4.78 is 12.4. The van der Waals surface area contributed by atoms with Gasteiger partial charge >= 0.3 is 0 Å². The quantitative estimate of drug-likeness (QED) is 0.860. The predicted octanol–water partition coefficient (Wildman–Crippen LogP) is 3.19. The molecule has 0 radical (unpaired) electrons. The Kier molecular flexibility index (Phi) is 3.82. The van der Waals surface area contributed by atoms with E-state index in [1.807, 2.05) is 50.2 Å². The van der Waals surface area contributed by atoms with Gasteiger partial charge in [-0.2, -0.15) is 0 Å². The average molecular weight is 259 g/mol. The van der Waals surface area contributed by atoms with Crippen molar-refractivity contribution in [1.29, 1.82) is 0 Å². The molecular weight excluding hydrogens is 242 g/mol. The van der Waals surface area contributed by atoms with E-state index in [1.54, 1.807) is 6.07 Å². The number of hydrogen-bond acceptors (Lipinski definition) is 2. The second-order valence-corrected chi connectivity index (χ2v) is 5.82. The minimum atomic E-state index is -1.09. The van der Waals surface area contributed by atoms with Crippen LogP contribution in [-0.2, 0) is 16.6 Å². The van der Waals surface area contributed by atoms with Crippen LogP contribution in [0.15, 0.2) is 47.4 Å². The number of nitrogens with two attached hydrogens (primary N) is 1. The minimum absolute atomic E-state index is 0.521. The van der Waals surface area contributed by atoms with Crippen LogP contribution in [0.25, 0.3) is 0 Å². The first-order valence-corrected chi connectivity index (χ1v) is 7.19. The van der Waals surface area contributed by atoms with Gasteiger partial charge in [-0.25, -0.2) is 0 Å². The van der Waals surface area contributed by atoms with Gasteiger partial charge < -0.3 is 5.73 Å². The molecule has 0 aliphatic heterocycles. The molecule has 0 aromatic heterocycles. The second kappa shape index (κ2) is 5.36. The number of para-hydroxylation sites is 1. The largest absolute Gasteiger partial charge is 0.398 e. The van der Waals surface area contributed by atoms with Gasteiger partial charge in [0.2, 0.25) is 0 Å². The van der Waals surface area contributed by atoms with Gasteiger partial charge in [-0.05, 0) is 42.7 Å². The van der Waals surface area contributed by atoms with Gasteiger partial charge in [-0.3, -0.25) is 4.21 Å². The highest BCUT2D eigenvalue weighted by atomic mass is 32.2. The van der Waals surface area contributed by atoms with Crippen molar-refractivity contribution >= 4 is 16.5 Å². The molecule has 2 nitrogen and oxygen atoms in total. The SMILES string of the molecule is Cc1cccc(C)c1CS(=O)c1ccccc1N. The van der Waals surface area contributed by atoms with Crippen molar-refractivity contribution in [1.82, 2.24) is 0 Å². The first-order chi connectivity index (χ1) is 8.59. The summed E-state index contributed by atoms with van der Waals surface area (Å²) in [4.78, 5) is 0.722. The number of anilines is 1. The zero-order chi connectivity index (χ0) is 13.1. The van der Waals surface area contributed by atoms with E-state index in [9.17, 15) is 4.21 Å². The Labute approximate surface area is 110 Å². The summed E-state index contributed by atoms with van der Waals surface area (Å²) in [5.41, 5.74) is 9.97. The Morgan fingerprint density at radius 2 is 1.61 bits per heavy atom. The molecule has 0 aliphatic carbocycles. The highest BCUT2D eigenvalue weighted by molar-refractivity contribution is 7.84. The predicted molar refractivity (Wildman–Crippen MR) is 76.9 cm³/mol. The fourth-order valence-electron chi connectivity index (χ4n) is 1.97. The highest BCUT2D eigenvalue weighted by Crippen LogP contribution is 2.22. The van der Waals surface area contributed by atoms with Crippen LogP contribution in [0, 0.1) is 13.8 Å². The fourth-order valence-corrected chi connectivity index (χ4v) is 3.41. The number of aryl methyl sites for hydroxylation is 2. The van der Waals surface area contributed by atoms with Crippen LogP contribution in [0.4, 0.5) is 5.69 Å². The number of nitrogen functional groups attached to an aromatic ring is 1. The van der Waals surface area contributed by atoms with Gasteiger partial charge in [0.05, 0.1) is 21.4 Å². The lowest BCUT2D eigenvalue weighted by molar-refractivity contribution is 0.682. The van der Waals surface area contributed by atoms with Gasteiger partial charge in [0.1, 0.15) is 0 Å². The van der Waals surface area contributed by atoms with Gasteiger partial charge in [0, 0.05) is 5.69 Å². The third kappa shape index (κ3) is 2.62. The molecule has 0 heterocycles. The van der Waals surface area contributed by atoms with E-state index in [4.69, 9.17) is 5.73 Å². The van der Waals surface area contributed by atoms with Crippen LogP contribution in [0.2, 0.25) is 0 Å². The Morgan fingerprint density at radius 3 is 2.22 bits per heavy atom. The first kappa shape index (κ1) is 12.8. The number of benzene rings is 2. The molecule has 0 saturated carbocycles. The molecule has 0 bridgehead atoms. The third-order valence-electron chi connectivity index (χ3n) is 3.08. The molecule has 0 spiro atoms. The molecule has 0 saturated heterocycles. The summed E-state index contributed by atoms with van der Waals surface area (Å²) in [6.07, 6.45) is 0. The standard InChI is InChI=1S/C15H17NOS/c1-11-6-5-7-12(2)13(11)10-18(17)15-9-4-3-8-14(15)16/h3-9H,10,16H2,1-2H3. The molecule has 2 aromatic rings. The molecule has 1 atom stereocenters. The van der Waals surface area contributed by atoms with Crippen molar-refractivity contribution in [3.63, 3.8) is 0 Å². The third-order valence-corrected chi connectivity index (χ3v) is 4.50. The molecule has 2 N–H and O–H groups in total. The van der Waals surface area contributed by atoms with E-state index in [-0.39, 0.29) is 0 Å². The normalized spacial score (nSPS) is 12.3. The maximum atomic E-state index is 12.4. The molecule has 2 rings (SSSR count). The summed E-state index contributed by atoms with van der Waals surface area (Å²) in [6, 6.07) is 13.5. The van der Waals surface area contributed by atoms with E-state index in [0.717, 1.165) is 10.5 Å². The lowest BCUT2D eigenvalue weighted by atomic mass is 10.1. The van der Waals surface area contributed by atoms with Crippen molar-refractivity contribution in [2.75, 3.05) is 5.73 Å². The highest BCUT2D eigenvalue weighted by Gasteiger charge is 2.11. The molecular formula is C15H17NOS. The smallest absolute Gasteiger partial charge is 0.0620 e. The van der Waals surface area contributed by atoms with Crippen molar-refractivity contribution in [3.8, 4) is 0 Å². The van der Waals surface area contributed by atoms with Crippen LogP contribution in [0.1, 0.15) is 16.7 Å². The van der Waals surface area contributed by atoms with Crippen molar-refractivity contribution < 1.29 is 4.21 Å². The summed E-state index contributed by atoms with van der Waals surface area (Å²) in [5, 5.41) is 0. The first-order valence-electron chi connectivity index (χ1n) is 5.87. The summed E-state index contributed by atoms with van der Waals surface area (Å²) in [7, 11) is -1.09. The maximum absolute atomic E-state index is 12.4. The van der Waals surface area contributed by atoms with E-state index < -0.39 is 10.8 Å². The molecule has 2 aromatic carbocycles. The molecule has 1 unspecified atom stereocenters. The van der Waals surface area contributed by atoms with Crippen molar-refractivity contribution in [2.24, 2.45) is 0 Å². The summed E-state index contributed by atoms with van der Waals surface area (Å²) >= 11 is 0. The Balaban J connectivity index is 2.30. The second-order valence-electron chi connectivity index (χ2n) is 4.40. The Bertz CT molecular complexity index is 573. The maximum Gasteiger partial charge on any atom is 0.0620 e. The van der Waals surface area contributed by atoms with Crippen LogP contribution in [-0.4, -0.2) is 4.21 Å². The van der Waals surface area contributed by atoms with Crippen molar-refractivity contribution in [3.05, 3.63) is 59.2 Å². The van der Waals surface area contributed by atoms with Gasteiger partial charge in [0.15, 0.2) is 0 Å². The number of hydrogen-bond donors (Lipinski definition) is 1. The molecule has 0 aliphatic rings. The van der Waals surface area contributed by atoms with E-state index in [0.29, 0.717) is 11.4 Å². The zero-order valence-corrected chi connectivity index (χ0v) is 11.5. The van der Waals surface area contributed by atoms with Crippen molar-refractivity contribution in [2.45, 2.75) is 24.5 Å². The van der Waals surface area contributed by atoms with E-state index in [1.165, 1.54) is 11.1 Å². The molecule has 18 heavy (non-hydrogen) atoms. The zero-order valence-electron chi connectivity index (χ0n) is 10.6. The molecule has 0 fully saturated rings. The van der Waals surface area contributed by atoms with Crippen LogP contribution >= 0.6 is 0 Å². The molecule has 94 valence electrons. The fraction of sp³-hybridized carbons (Fsp3) is 0.200. The summed E-state index contributed by atoms with van der Waals surface area (Å²) in [6.45, 7) is 4.10. The molecule has 3 heteroatoms. The van der Waals surface area contributed by atoms with Gasteiger partial charge in [-0.15, -0.1) is 0 Å². The Morgan fingerprint density at radius 1 is 1.00 bits per heavy atom. The Hall–Kier alpha value is -1.61. The average Bonchev–Trinajstić information content (AvgIpc) is 2.34. The minimum Gasteiger partial charge on any atom is -0.398 e.